The van der Waals surface area contributed by atoms with Crippen molar-refractivity contribution < 1.29 is 19.2 Å². The summed E-state index contributed by atoms with van der Waals surface area (Å²) in [6.07, 6.45) is 0. The average molecular weight is 510 g/mol. The first-order chi connectivity index (χ1) is 14.3. The van der Waals surface area contributed by atoms with Crippen LogP contribution in [-0.2, 0) is 4.74 Å². The van der Waals surface area contributed by atoms with Crippen molar-refractivity contribution in [2.75, 3.05) is 11.9 Å². The number of hydrogen-bond donors (Lipinski definition) is 1. The minimum absolute atomic E-state index is 0.154. The molecule has 0 saturated carbocycles. The summed E-state index contributed by atoms with van der Waals surface area (Å²) < 4.78 is 6.03. The number of nitro groups is 1. The first-order valence-corrected chi connectivity index (χ1v) is 10.7. The number of benzene rings is 2. The molecule has 1 N–H and O–H groups in total. The number of ether oxygens (including phenoxy) is 1. The van der Waals surface area contributed by atoms with Crippen molar-refractivity contribution in [2.24, 2.45) is 0 Å². The van der Waals surface area contributed by atoms with E-state index in [1.165, 1.54) is 12.1 Å². The molecule has 0 bridgehead atoms. The zero-order valence-corrected chi connectivity index (χ0v) is 18.6. The second-order valence-corrected chi connectivity index (χ2v) is 8.19. The number of hydrogen-bond acceptors (Lipinski definition) is 6. The predicted molar refractivity (Wildman–Crippen MR) is 119 cm³/mol. The Labute approximate surface area is 188 Å². The molecular weight excluding hydrogens is 496 g/mol. The van der Waals surface area contributed by atoms with Gasteiger partial charge in [0.2, 0.25) is 0 Å². The standard InChI is InChI=1S/C20H14BrClN2O5S/c1-2-29-20(26)17-15(11-3-5-12(21)6-4-11)10-30-19(17)23-18(25)14-9-13(22)7-8-16(14)24(27)28/h3-10H,2H2,1H3,(H,23,25). The smallest absolute Gasteiger partial charge is 0.341 e. The average Bonchev–Trinajstić information content (AvgIpc) is 3.12. The van der Waals surface area contributed by atoms with Crippen LogP contribution in [0.4, 0.5) is 10.7 Å². The molecule has 30 heavy (non-hydrogen) atoms. The summed E-state index contributed by atoms with van der Waals surface area (Å²) in [4.78, 5) is 36.0. The lowest BCUT2D eigenvalue weighted by molar-refractivity contribution is -0.385. The quantitative estimate of drug-likeness (QED) is 0.243. The molecule has 154 valence electrons. The first kappa shape index (κ1) is 21.9. The third-order valence-electron chi connectivity index (χ3n) is 4.05. The Hall–Kier alpha value is -2.75. The van der Waals surface area contributed by atoms with Crippen LogP contribution in [0.5, 0.6) is 0 Å². The van der Waals surface area contributed by atoms with Crippen LogP contribution in [0.3, 0.4) is 0 Å². The molecule has 10 heteroatoms. The monoisotopic (exact) mass is 508 g/mol. The largest absolute Gasteiger partial charge is 0.462 e. The second-order valence-electron chi connectivity index (χ2n) is 5.95. The highest BCUT2D eigenvalue weighted by Gasteiger charge is 2.26. The van der Waals surface area contributed by atoms with Crippen molar-refractivity contribution in [3.05, 3.63) is 78.6 Å². The third-order valence-corrected chi connectivity index (χ3v) is 5.71. The highest BCUT2D eigenvalue weighted by atomic mass is 79.9. The number of nitro benzene ring substituents is 1. The topological polar surface area (TPSA) is 98.5 Å². The van der Waals surface area contributed by atoms with Gasteiger partial charge in [-0.25, -0.2) is 4.79 Å². The number of thiophene rings is 1. The van der Waals surface area contributed by atoms with Gasteiger partial charge in [0.25, 0.3) is 11.6 Å². The van der Waals surface area contributed by atoms with Gasteiger partial charge in [-0.05, 0) is 36.8 Å². The van der Waals surface area contributed by atoms with Crippen LogP contribution < -0.4 is 5.32 Å². The van der Waals surface area contributed by atoms with Crippen LogP contribution in [0.2, 0.25) is 5.02 Å². The van der Waals surface area contributed by atoms with E-state index in [2.05, 4.69) is 21.2 Å². The van der Waals surface area contributed by atoms with E-state index in [9.17, 15) is 19.7 Å². The van der Waals surface area contributed by atoms with E-state index in [1.807, 2.05) is 24.3 Å². The van der Waals surface area contributed by atoms with E-state index in [-0.39, 0.29) is 33.4 Å². The molecule has 0 atom stereocenters. The Kier molecular flexibility index (Phi) is 6.86. The van der Waals surface area contributed by atoms with Gasteiger partial charge in [-0.3, -0.25) is 14.9 Å². The van der Waals surface area contributed by atoms with Crippen molar-refractivity contribution in [3.8, 4) is 11.1 Å². The Morgan fingerprint density at radius 3 is 2.57 bits per heavy atom. The molecule has 0 fully saturated rings. The fourth-order valence-electron chi connectivity index (χ4n) is 2.72. The van der Waals surface area contributed by atoms with Crippen molar-refractivity contribution in [1.29, 1.82) is 0 Å². The molecule has 0 saturated heterocycles. The third kappa shape index (κ3) is 4.69. The van der Waals surface area contributed by atoms with Crippen molar-refractivity contribution in [1.82, 2.24) is 0 Å². The molecule has 0 unspecified atom stereocenters. The van der Waals surface area contributed by atoms with Gasteiger partial charge in [-0.2, -0.15) is 0 Å². The molecule has 3 rings (SSSR count). The summed E-state index contributed by atoms with van der Waals surface area (Å²) in [7, 11) is 0. The highest BCUT2D eigenvalue weighted by Crippen LogP contribution is 2.37. The number of carbonyl (C=O) groups is 2. The Morgan fingerprint density at radius 2 is 1.93 bits per heavy atom. The SMILES string of the molecule is CCOC(=O)c1c(-c2ccc(Br)cc2)csc1NC(=O)c1cc(Cl)ccc1[N+](=O)[O-]. The molecule has 1 amide bonds. The number of amides is 1. The van der Waals surface area contributed by atoms with E-state index in [0.29, 0.717) is 5.56 Å². The summed E-state index contributed by atoms with van der Waals surface area (Å²) in [5, 5.41) is 16.0. The summed E-state index contributed by atoms with van der Waals surface area (Å²) in [5.74, 6) is -1.36. The minimum Gasteiger partial charge on any atom is -0.462 e. The molecule has 0 aliphatic heterocycles. The molecule has 0 aliphatic rings. The maximum Gasteiger partial charge on any atom is 0.341 e. The first-order valence-electron chi connectivity index (χ1n) is 8.61. The van der Waals surface area contributed by atoms with E-state index >= 15 is 0 Å². The number of carbonyl (C=O) groups excluding carboxylic acids is 2. The summed E-state index contributed by atoms with van der Waals surface area (Å²) in [5.41, 5.74) is 0.927. The fourth-order valence-corrected chi connectivity index (χ4v) is 4.11. The molecule has 0 spiro atoms. The summed E-state index contributed by atoms with van der Waals surface area (Å²) in [6.45, 7) is 1.83. The van der Waals surface area contributed by atoms with Crippen LogP contribution in [0.15, 0.2) is 52.3 Å². The van der Waals surface area contributed by atoms with Gasteiger partial charge in [0.15, 0.2) is 0 Å². The van der Waals surface area contributed by atoms with Gasteiger partial charge in [-0.1, -0.05) is 39.7 Å². The van der Waals surface area contributed by atoms with Gasteiger partial charge in [0.05, 0.1) is 11.5 Å². The molecule has 3 aromatic rings. The zero-order valence-electron chi connectivity index (χ0n) is 15.5. The minimum atomic E-state index is -0.751. The molecule has 1 heterocycles. The van der Waals surface area contributed by atoms with Gasteiger partial charge in [-0.15, -0.1) is 11.3 Å². The van der Waals surface area contributed by atoms with E-state index in [0.717, 1.165) is 27.4 Å². The number of anilines is 1. The lowest BCUT2D eigenvalue weighted by Crippen LogP contribution is -2.16. The van der Waals surface area contributed by atoms with Gasteiger partial charge < -0.3 is 10.1 Å². The molecule has 7 nitrogen and oxygen atoms in total. The molecule has 2 aromatic carbocycles. The number of nitrogens with zero attached hydrogens (tertiary/aromatic N) is 1. The molecule has 0 radical (unpaired) electrons. The maximum absolute atomic E-state index is 12.8. The van der Waals surface area contributed by atoms with Crippen molar-refractivity contribution in [3.63, 3.8) is 0 Å². The highest BCUT2D eigenvalue weighted by molar-refractivity contribution is 9.10. The van der Waals surface area contributed by atoms with E-state index in [4.69, 9.17) is 16.3 Å². The van der Waals surface area contributed by atoms with Crippen molar-refractivity contribution >= 4 is 61.4 Å². The lowest BCUT2D eigenvalue weighted by atomic mass is 10.0. The van der Waals surface area contributed by atoms with Crippen LogP contribution in [0, 0.1) is 10.1 Å². The van der Waals surface area contributed by atoms with Crippen molar-refractivity contribution in [2.45, 2.75) is 6.92 Å². The van der Waals surface area contributed by atoms with Gasteiger partial charge in [0, 0.05) is 26.5 Å². The van der Waals surface area contributed by atoms with Crippen LogP contribution >= 0.6 is 38.9 Å². The van der Waals surface area contributed by atoms with Gasteiger partial charge in [0.1, 0.15) is 16.1 Å². The normalized spacial score (nSPS) is 10.5. The summed E-state index contributed by atoms with van der Waals surface area (Å²) >= 11 is 10.4. The maximum atomic E-state index is 12.8. The van der Waals surface area contributed by atoms with Crippen LogP contribution in [0.25, 0.3) is 11.1 Å². The molecule has 1 aromatic heterocycles. The van der Waals surface area contributed by atoms with Crippen LogP contribution in [0.1, 0.15) is 27.6 Å². The Morgan fingerprint density at radius 1 is 1.23 bits per heavy atom. The number of nitrogens with one attached hydrogen (secondary N) is 1. The van der Waals surface area contributed by atoms with E-state index < -0.39 is 16.8 Å². The second kappa shape index (κ2) is 9.38. The Balaban J connectivity index is 2.03. The zero-order chi connectivity index (χ0) is 21.8. The predicted octanol–water partition coefficient (Wildman–Crippen LogP) is 6.17. The number of esters is 1. The van der Waals surface area contributed by atoms with Gasteiger partial charge >= 0.3 is 5.97 Å². The van der Waals surface area contributed by atoms with E-state index in [1.54, 1.807) is 12.3 Å². The number of halogens is 2. The summed E-state index contributed by atoms with van der Waals surface area (Å²) in [6, 6.07) is 11.0. The molecular formula is C20H14BrClN2O5S. The number of rotatable bonds is 6. The van der Waals surface area contributed by atoms with Crippen LogP contribution in [-0.4, -0.2) is 23.4 Å². The lowest BCUT2D eigenvalue weighted by Gasteiger charge is -2.09. The fraction of sp³-hybridized carbons (Fsp3) is 0.100. The Bertz CT molecular complexity index is 1130. The molecule has 0 aliphatic carbocycles.